The molecule has 1 aliphatic rings. The van der Waals surface area contributed by atoms with Crippen LogP contribution in [0.25, 0.3) is 0 Å². The number of benzene rings is 1. The molecule has 7 heteroatoms. The van der Waals surface area contributed by atoms with E-state index in [-0.39, 0.29) is 6.04 Å². The van der Waals surface area contributed by atoms with Gasteiger partial charge < -0.3 is 14.8 Å². The van der Waals surface area contributed by atoms with E-state index in [2.05, 4.69) is 16.8 Å². The van der Waals surface area contributed by atoms with Gasteiger partial charge in [0.05, 0.1) is 30.9 Å². The normalized spacial score (nSPS) is 16.7. The SMILES string of the molecule is CNC(=S)N1N=C(c2cccs2)C[C@@H]1c1ccc(OC)c(OC)c1. The van der Waals surface area contributed by atoms with E-state index >= 15 is 0 Å². The van der Waals surface area contributed by atoms with Gasteiger partial charge in [-0.25, -0.2) is 5.01 Å². The van der Waals surface area contributed by atoms with Crippen LogP contribution in [-0.4, -0.2) is 37.1 Å². The maximum Gasteiger partial charge on any atom is 0.189 e. The predicted molar refractivity (Wildman–Crippen MR) is 101 cm³/mol. The van der Waals surface area contributed by atoms with Gasteiger partial charge in [0.15, 0.2) is 16.6 Å². The highest BCUT2D eigenvalue weighted by Gasteiger charge is 2.32. The van der Waals surface area contributed by atoms with Crippen LogP contribution in [0.4, 0.5) is 0 Å². The molecule has 1 aromatic heterocycles. The van der Waals surface area contributed by atoms with Crippen LogP contribution in [0.2, 0.25) is 0 Å². The number of thiophene rings is 1. The number of ether oxygens (including phenoxy) is 2. The standard InChI is InChI=1S/C17H19N3O2S2/c1-18-17(23)20-13(10-12(19-20)16-5-4-8-24-16)11-6-7-14(21-2)15(9-11)22-3/h4-9,13H,10H2,1-3H3,(H,18,23)/t13-/m1/s1. The van der Waals surface area contributed by atoms with E-state index in [1.165, 1.54) is 4.88 Å². The quantitative estimate of drug-likeness (QED) is 0.846. The minimum atomic E-state index is 0.0295. The summed E-state index contributed by atoms with van der Waals surface area (Å²) in [5.41, 5.74) is 2.13. The summed E-state index contributed by atoms with van der Waals surface area (Å²) >= 11 is 7.13. The summed E-state index contributed by atoms with van der Waals surface area (Å²) in [4.78, 5) is 1.17. The van der Waals surface area contributed by atoms with Gasteiger partial charge in [-0.3, -0.25) is 0 Å². The number of rotatable bonds is 4. The third-order valence-electron chi connectivity index (χ3n) is 3.93. The van der Waals surface area contributed by atoms with Crippen LogP contribution >= 0.6 is 23.6 Å². The van der Waals surface area contributed by atoms with E-state index < -0.39 is 0 Å². The van der Waals surface area contributed by atoms with E-state index in [0.717, 1.165) is 17.7 Å². The molecule has 1 aliphatic heterocycles. The van der Waals surface area contributed by atoms with Gasteiger partial charge in [-0.2, -0.15) is 5.10 Å². The van der Waals surface area contributed by atoms with Gasteiger partial charge in [0.25, 0.3) is 0 Å². The molecule has 0 aliphatic carbocycles. The number of methoxy groups -OCH3 is 2. The molecular weight excluding hydrogens is 342 g/mol. The fourth-order valence-electron chi connectivity index (χ4n) is 2.72. The molecule has 0 bridgehead atoms. The molecule has 0 spiro atoms. The van der Waals surface area contributed by atoms with Crippen LogP contribution in [0, 0.1) is 0 Å². The maximum atomic E-state index is 5.44. The van der Waals surface area contributed by atoms with Crippen molar-refractivity contribution >= 4 is 34.4 Å². The first kappa shape index (κ1) is 16.7. The molecule has 2 heterocycles. The summed E-state index contributed by atoms with van der Waals surface area (Å²) in [5.74, 6) is 1.41. The molecule has 0 saturated heterocycles. The van der Waals surface area contributed by atoms with Crippen LogP contribution < -0.4 is 14.8 Å². The molecule has 0 saturated carbocycles. The Morgan fingerprint density at radius 3 is 2.71 bits per heavy atom. The van der Waals surface area contributed by atoms with Crippen LogP contribution in [-0.2, 0) is 0 Å². The molecule has 1 N–H and O–H groups in total. The monoisotopic (exact) mass is 361 g/mol. The third kappa shape index (κ3) is 3.09. The number of hydrazone groups is 1. The average Bonchev–Trinajstić information content (AvgIpc) is 3.29. The zero-order chi connectivity index (χ0) is 17.1. The number of hydrogen-bond acceptors (Lipinski definition) is 5. The zero-order valence-corrected chi connectivity index (χ0v) is 15.4. The minimum absolute atomic E-state index is 0.0295. The lowest BCUT2D eigenvalue weighted by atomic mass is 10.0. The van der Waals surface area contributed by atoms with E-state index in [1.807, 2.05) is 36.3 Å². The fourth-order valence-corrected chi connectivity index (χ4v) is 3.61. The molecule has 1 atom stereocenters. The van der Waals surface area contributed by atoms with Crippen molar-refractivity contribution in [2.24, 2.45) is 5.10 Å². The van der Waals surface area contributed by atoms with Gasteiger partial charge in [-0.05, 0) is 41.4 Å². The topological polar surface area (TPSA) is 46.1 Å². The Kier molecular flexibility index (Phi) is 5.01. The molecule has 2 aromatic rings. The molecule has 126 valence electrons. The smallest absolute Gasteiger partial charge is 0.189 e. The predicted octanol–water partition coefficient (Wildman–Crippen LogP) is 3.42. The lowest BCUT2D eigenvalue weighted by Gasteiger charge is -2.24. The summed E-state index contributed by atoms with van der Waals surface area (Å²) in [7, 11) is 5.08. The molecule has 5 nitrogen and oxygen atoms in total. The van der Waals surface area contributed by atoms with Crippen molar-refractivity contribution in [1.29, 1.82) is 0 Å². The average molecular weight is 361 g/mol. The van der Waals surface area contributed by atoms with Crippen molar-refractivity contribution in [2.45, 2.75) is 12.5 Å². The summed E-state index contributed by atoms with van der Waals surface area (Å²) in [6, 6.07) is 10.1. The van der Waals surface area contributed by atoms with Gasteiger partial charge in [-0.15, -0.1) is 11.3 Å². The Labute approximate surface area is 150 Å². The lowest BCUT2D eigenvalue weighted by molar-refractivity contribution is 0.346. The fraction of sp³-hybridized carbons (Fsp3) is 0.294. The van der Waals surface area contributed by atoms with Gasteiger partial charge in [0, 0.05) is 13.5 Å². The van der Waals surface area contributed by atoms with Crippen molar-refractivity contribution in [2.75, 3.05) is 21.3 Å². The first-order valence-electron chi connectivity index (χ1n) is 7.52. The summed E-state index contributed by atoms with van der Waals surface area (Å²) in [5, 5.41) is 12.3. The second kappa shape index (κ2) is 7.19. The van der Waals surface area contributed by atoms with Gasteiger partial charge >= 0.3 is 0 Å². The van der Waals surface area contributed by atoms with Crippen molar-refractivity contribution < 1.29 is 9.47 Å². The van der Waals surface area contributed by atoms with Crippen molar-refractivity contribution in [3.05, 3.63) is 46.2 Å². The molecule has 0 radical (unpaired) electrons. The number of hydrogen-bond donors (Lipinski definition) is 1. The summed E-state index contributed by atoms with van der Waals surface area (Å²) in [6.45, 7) is 0. The lowest BCUT2D eigenvalue weighted by Crippen LogP contribution is -2.34. The van der Waals surface area contributed by atoms with Crippen LogP contribution in [0.3, 0.4) is 0 Å². The van der Waals surface area contributed by atoms with Crippen LogP contribution in [0.15, 0.2) is 40.8 Å². The minimum Gasteiger partial charge on any atom is -0.493 e. The van der Waals surface area contributed by atoms with Crippen molar-refractivity contribution in [1.82, 2.24) is 10.3 Å². The molecule has 0 amide bonds. The third-order valence-corrected chi connectivity index (χ3v) is 5.24. The highest BCUT2D eigenvalue weighted by molar-refractivity contribution is 7.80. The molecule has 24 heavy (non-hydrogen) atoms. The van der Waals surface area contributed by atoms with Gasteiger partial charge in [-0.1, -0.05) is 12.1 Å². The molecule has 0 fully saturated rings. The van der Waals surface area contributed by atoms with Crippen LogP contribution in [0.5, 0.6) is 11.5 Å². The van der Waals surface area contributed by atoms with E-state index in [9.17, 15) is 0 Å². The Hall–Kier alpha value is -2.12. The zero-order valence-electron chi connectivity index (χ0n) is 13.8. The maximum absolute atomic E-state index is 5.44. The van der Waals surface area contributed by atoms with E-state index in [0.29, 0.717) is 16.6 Å². The van der Waals surface area contributed by atoms with Crippen LogP contribution in [0.1, 0.15) is 22.9 Å². The van der Waals surface area contributed by atoms with Gasteiger partial charge in [0.1, 0.15) is 0 Å². The second-order valence-corrected chi connectivity index (χ2v) is 6.59. The Morgan fingerprint density at radius 2 is 2.08 bits per heavy atom. The Morgan fingerprint density at radius 1 is 1.29 bits per heavy atom. The largest absolute Gasteiger partial charge is 0.493 e. The Balaban J connectivity index is 1.96. The second-order valence-electron chi connectivity index (χ2n) is 5.26. The first-order chi connectivity index (χ1) is 11.7. The number of nitrogens with one attached hydrogen (secondary N) is 1. The number of nitrogens with zero attached hydrogens (tertiary/aromatic N) is 2. The summed E-state index contributed by atoms with van der Waals surface area (Å²) in [6.07, 6.45) is 0.790. The number of thiocarbonyl (C=S) groups is 1. The van der Waals surface area contributed by atoms with E-state index in [1.54, 1.807) is 25.6 Å². The van der Waals surface area contributed by atoms with E-state index in [4.69, 9.17) is 26.8 Å². The molecule has 3 rings (SSSR count). The van der Waals surface area contributed by atoms with Crippen molar-refractivity contribution in [3.8, 4) is 11.5 Å². The van der Waals surface area contributed by atoms with Gasteiger partial charge in [0.2, 0.25) is 0 Å². The van der Waals surface area contributed by atoms with Crippen molar-refractivity contribution in [3.63, 3.8) is 0 Å². The molecule has 0 unspecified atom stereocenters. The highest BCUT2D eigenvalue weighted by Crippen LogP contribution is 2.37. The first-order valence-corrected chi connectivity index (χ1v) is 8.81. The molecular formula is C17H19N3O2S2. The summed E-state index contributed by atoms with van der Waals surface area (Å²) < 4.78 is 10.8. The highest BCUT2D eigenvalue weighted by atomic mass is 32.1. The Bertz CT molecular complexity index is 759. The molecule has 1 aromatic carbocycles.